The molecule has 0 saturated carbocycles. The number of hydrogen-bond acceptors (Lipinski definition) is 5. The van der Waals surface area contributed by atoms with Gasteiger partial charge in [0.15, 0.2) is 11.5 Å². The quantitative estimate of drug-likeness (QED) is 0.477. The molecule has 5 nitrogen and oxygen atoms in total. The fourth-order valence-electron chi connectivity index (χ4n) is 4.49. The number of nitrogens with one attached hydrogen (secondary N) is 2. The molecule has 7 heteroatoms. The summed E-state index contributed by atoms with van der Waals surface area (Å²) in [4.78, 5) is 14.4. The molecule has 2 heterocycles. The van der Waals surface area contributed by atoms with Crippen molar-refractivity contribution in [1.82, 2.24) is 5.32 Å². The van der Waals surface area contributed by atoms with Crippen molar-refractivity contribution in [1.29, 1.82) is 0 Å². The van der Waals surface area contributed by atoms with Crippen molar-refractivity contribution in [3.05, 3.63) is 38.2 Å². The van der Waals surface area contributed by atoms with Gasteiger partial charge in [-0.05, 0) is 55.2 Å². The number of halogens is 1. The molecule has 1 aromatic carbocycles. The summed E-state index contributed by atoms with van der Waals surface area (Å²) in [6.45, 7) is 9.28. The number of fused-ring (bicyclic) bond motifs is 3. The molecule has 0 unspecified atom stereocenters. The maximum absolute atomic E-state index is 13.1. The van der Waals surface area contributed by atoms with Crippen molar-refractivity contribution < 1.29 is 14.6 Å². The van der Waals surface area contributed by atoms with E-state index in [9.17, 15) is 9.90 Å². The Kier molecular flexibility index (Phi) is 5.79. The number of anilines is 1. The van der Waals surface area contributed by atoms with E-state index in [1.54, 1.807) is 17.4 Å². The highest BCUT2D eigenvalue weighted by Crippen LogP contribution is 2.48. The highest BCUT2D eigenvalue weighted by molar-refractivity contribution is 9.10. The summed E-state index contributed by atoms with van der Waals surface area (Å²) in [7, 11) is 0. The number of ether oxygens (including phenoxy) is 1. The lowest BCUT2D eigenvalue weighted by molar-refractivity contribution is 0.0934. The standard InChI is InChI=1S/C23H29BrN2O3S/c1-5-23(3,4)12-7-8-14-17(9-12)30-22-18(14)21(28)25-20(26-22)15-10-13(24)11-16(19(15)27)29-6-2/h10-12,20,26-27H,5-9H2,1-4H3,(H,25,28)/t12-,20+/m1/s1. The predicted octanol–water partition coefficient (Wildman–Crippen LogP) is 6.01. The topological polar surface area (TPSA) is 70.6 Å². The van der Waals surface area contributed by atoms with Gasteiger partial charge in [0.25, 0.3) is 5.91 Å². The van der Waals surface area contributed by atoms with E-state index in [2.05, 4.69) is 47.3 Å². The fourth-order valence-corrected chi connectivity index (χ4v) is 6.30. The van der Waals surface area contributed by atoms with Gasteiger partial charge in [0.05, 0.1) is 12.2 Å². The van der Waals surface area contributed by atoms with Crippen LogP contribution in [0.15, 0.2) is 16.6 Å². The summed E-state index contributed by atoms with van der Waals surface area (Å²) >= 11 is 5.18. The molecule has 2 atom stereocenters. The van der Waals surface area contributed by atoms with Gasteiger partial charge in [-0.15, -0.1) is 11.3 Å². The third-order valence-electron chi connectivity index (χ3n) is 6.74. The predicted molar refractivity (Wildman–Crippen MR) is 125 cm³/mol. The molecular formula is C23H29BrN2O3S. The number of amides is 1. The number of carbonyl (C=O) groups excluding carboxylic acids is 1. The molecule has 0 spiro atoms. The fraction of sp³-hybridized carbons (Fsp3) is 0.522. The summed E-state index contributed by atoms with van der Waals surface area (Å²) in [5, 5.41) is 18.1. The molecule has 0 bridgehead atoms. The average Bonchev–Trinajstić information content (AvgIpc) is 3.08. The number of phenolic OH excluding ortho intramolecular Hbond substituents is 1. The number of carbonyl (C=O) groups is 1. The molecular weight excluding hydrogens is 464 g/mol. The Hall–Kier alpha value is -1.73. The summed E-state index contributed by atoms with van der Waals surface area (Å²) in [5.41, 5.74) is 2.88. The Morgan fingerprint density at radius 1 is 1.30 bits per heavy atom. The van der Waals surface area contributed by atoms with Crippen LogP contribution in [-0.4, -0.2) is 17.6 Å². The SMILES string of the molecule is CCOc1cc(Br)cc([C@H]2NC(=O)c3c(sc4c3CC[C@@H](C(C)(C)CC)C4)N2)c1O. The maximum Gasteiger partial charge on any atom is 0.256 e. The number of benzene rings is 1. The Bertz CT molecular complexity index is 985. The lowest BCUT2D eigenvalue weighted by Crippen LogP contribution is -2.38. The molecule has 1 aliphatic heterocycles. The van der Waals surface area contributed by atoms with E-state index < -0.39 is 6.17 Å². The van der Waals surface area contributed by atoms with E-state index in [0.717, 1.165) is 40.7 Å². The van der Waals surface area contributed by atoms with Crippen molar-refractivity contribution in [2.45, 2.75) is 59.5 Å². The molecule has 0 radical (unpaired) electrons. The summed E-state index contributed by atoms with van der Waals surface area (Å²) in [5.74, 6) is 1.01. The first kappa shape index (κ1) is 21.5. The van der Waals surface area contributed by atoms with Crippen LogP contribution in [0, 0.1) is 11.3 Å². The van der Waals surface area contributed by atoms with Gasteiger partial charge < -0.3 is 20.5 Å². The molecule has 0 fully saturated rings. The molecule has 4 rings (SSSR count). The first-order chi connectivity index (χ1) is 14.2. The number of aromatic hydroxyl groups is 1. The smallest absolute Gasteiger partial charge is 0.256 e. The van der Waals surface area contributed by atoms with Crippen molar-refractivity contribution in [2.24, 2.45) is 11.3 Å². The van der Waals surface area contributed by atoms with Crippen LogP contribution in [0.4, 0.5) is 5.00 Å². The highest BCUT2D eigenvalue weighted by Gasteiger charge is 2.38. The zero-order valence-corrected chi connectivity index (χ0v) is 20.3. The number of phenols is 1. The molecule has 162 valence electrons. The largest absolute Gasteiger partial charge is 0.504 e. The Labute approximate surface area is 190 Å². The first-order valence-electron chi connectivity index (χ1n) is 10.6. The van der Waals surface area contributed by atoms with Crippen molar-refractivity contribution >= 4 is 38.2 Å². The van der Waals surface area contributed by atoms with Crippen molar-refractivity contribution in [2.75, 3.05) is 11.9 Å². The second-order valence-electron chi connectivity index (χ2n) is 8.82. The van der Waals surface area contributed by atoms with Gasteiger partial charge in [-0.2, -0.15) is 0 Å². The molecule has 1 amide bonds. The zero-order chi connectivity index (χ0) is 21.6. The van der Waals surface area contributed by atoms with E-state index in [0.29, 0.717) is 29.3 Å². The van der Waals surface area contributed by atoms with Gasteiger partial charge in [-0.3, -0.25) is 4.79 Å². The number of thiophene rings is 1. The van der Waals surface area contributed by atoms with Gasteiger partial charge in [0, 0.05) is 14.9 Å². The third-order valence-corrected chi connectivity index (χ3v) is 8.38. The second kappa shape index (κ2) is 8.08. The molecule has 2 aliphatic rings. The van der Waals surface area contributed by atoms with Crippen molar-refractivity contribution in [3.8, 4) is 11.5 Å². The van der Waals surface area contributed by atoms with Crippen LogP contribution in [0.2, 0.25) is 0 Å². The Morgan fingerprint density at radius 2 is 2.07 bits per heavy atom. The van der Waals surface area contributed by atoms with E-state index >= 15 is 0 Å². The molecule has 1 aliphatic carbocycles. The molecule has 0 saturated heterocycles. The molecule has 1 aromatic heterocycles. The minimum Gasteiger partial charge on any atom is -0.504 e. The van der Waals surface area contributed by atoms with Gasteiger partial charge in [0.1, 0.15) is 11.2 Å². The van der Waals surface area contributed by atoms with Crippen molar-refractivity contribution in [3.63, 3.8) is 0 Å². The van der Waals surface area contributed by atoms with E-state index in [4.69, 9.17) is 4.74 Å². The van der Waals surface area contributed by atoms with E-state index in [1.165, 1.54) is 10.4 Å². The molecule has 2 aromatic rings. The lowest BCUT2D eigenvalue weighted by atomic mass is 9.69. The summed E-state index contributed by atoms with van der Waals surface area (Å²) in [6.07, 6.45) is 3.75. The first-order valence-corrected chi connectivity index (χ1v) is 12.2. The second-order valence-corrected chi connectivity index (χ2v) is 10.8. The summed E-state index contributed by atoms with van der Waals surface area (Å²) < 4.78 is 6.34. The monoisotopic (exact) mass is 492 g/mol. The van der Waals surface area contributed by atoms with Gasteiger partial charge in [-0.25, -0.2) is 0 Å². The highest BCUT2D eigenvalue weighted by atomic mass is 79.9. The minimum absolute atomic E-state index is 0.0485. The lowest BCUT2D eigenvalue weighted by Gasteiger charge is -2.36. The number of rotatable bonds is 5. The Balaban J connectivity index is 1.66. The van der Waals surface area contributed by atoms with Crippen LogP contribution in [0.1, 0.15) is 73.1 Å². The minimum atomic E-state index is -0.510. The van der Waals surface area contributed by atoms with E-state index in [1.807, 2.05) is 13.0 Å². The van der Waals surface area contributed by atoms with Gasteiger partial charge in [-0.1, -0.05) is 43.1 Å². The van der Waals surface area contributed by atoms with Crippen LogP contribution in [-0.2, 0) is 12.8 Å². The van der Waals surface area contributed by atoms with Crippen LogP contribution in [0.5, 0.6) is 11.5 Å². The van der Waals surface area contributed by atoms with Gasteiger partial charge >= 0.3 is 0 Å². The Morgan fingerprint density at radius 3 is 2.77 bits per heavy atom. The zero-order valence-electron chi connectivity index (χ0n) is 17.9. The van der Waals surface area contributed by atoms with Crippen LogP contribution in [0.3, 0.4) is 0 Å². The average molecular weight is 493 g/mol. The molecule has 3 N–H and O–H groups in total. The van der Waals surface area contributed by atoms with E-state index in [-0.39, 0.29) is 11.7 Å². The van der Waals surface area contributed by atoms with Crippen LogP contribution in [0.25, 0.3) is 0 Å². The third kappa shape index (κ3) is 3.71. The van der Waals surface area contributed by atoms with Crippen LogP contribution >= 0.6 is 27.3 Å². The summed E-state index contributed by atoms with van der Waals surface area (Å²) in [6, 6.07) is 3.55. The normalized spacial score (nSPS) is 20.8. The van der Waals surface area contributed by atoms with Gasteiger partial charge in [0.2, 0.25) is 0 Å². The molecule has 30 heavy (non-hydrogen) atoms. The number of hydrogen-bond donors (Lipinski definition) is 3. The van der Waals surface area contributed by atoms with Crippen LogP contribution < -0.4 is 15.4 Å². The maximum atomic E-state index is 13.1.